The number of carbonyl (C=O) groups excluding carboxylic acids is 1. The van der Waals surface area contributed by atoms with Crippen LogP contribution in [-0.2, 0) is 0 Å². The van der Waals surface area contributed by atoms with Crippen LogP contribution < -0.4 is 9.47 Å². The second-order valence-electron chi connectivity index (χ2n) is 4.58. The van der Waals surface area contributed by atoms with Crippen LogP contribution in [0.1, 0.15) is 47.2 Å². The van der Waals surface area contributed by atoms with Crippen LogP contribution >= 0.6 is 0 Å². The molecule has 3 nitrogen and oxygen atoms in total. The van der Waals surface area contributed by atoms with Gasteiger partial charge in [-0.15, -0.1) is 0 Å². The summed E-state index contributed by atoms with van der Waals surface area (Å²) < 4.78 is 10.7. The predicted octanol–water partition coefficient (Wildman–Crippen LogP) is 3.09. The molecule has 0 spiro atoms. The molecule has 17 heavy (non-hydrogen) atoms. The highest BCUT2D eigenvalue weighted by atomic mass is 16.5. The topological polar surface area (TPSA) is 35.5 Å². The molecule has 0 saturated carbocycles. The summed E-state index contributed by atoms with van der Waals surface area (Å²) in [6.45, 7) is 4.18. The van der Waals surface area contributed by atoms with Crippen LogP contribution in [0, 0.1) is 6.92 Å². The van der Waals surface area contributed by atoms with Gasteiger partial charge < -0.3 is 9.47 Å². The van der Waals surface area contributed by atoms with Crippen molar-refractivity contribution in [3.63, 3.8) is 0 Å². The number of aryl methyl sites for hydroxylation is 1. The first-order chi connectivity index (χ1) is 8.10. The Hall–Kier alpha value is -1.51. The Labute approximate surface area is 102 Å². The van der Waals surface area contributed by atoms with Crippen LogP contribution in [-0.4, -0.2) is 20.0 Å². The quantitative estimate of drug-likeness (QED) is 0.788. The molecule has 0 amide bonds. The second-order valence-corrected chi connectivity index (χ2v) is 4.58. The number of benzene rings is 1. The minimum Gasteiger partial charge on any atom is -0.493 e. The number of Topliss-reactive ketones (excluding diaryl/α,β-unsaturated/α-hetero) is 1. The summed E-state index contributed by atoms with van der Waals surface area (Å²) in [7, 11) is 3.18. The number of ether oxygens (including phenoxy) is 2. The zero-order valence-electron chi connectivity index (χ0n) is 10.8. The summed E-state index contributed by atoms with van der Waals surface area (Å²) >= 11 is 0. The maximum Gasteiger partial charge on any atom is 0.171 e. The second kappa shape index (κ2) is 4.40. The first kappa shape index (κ1) is 12.0. The van der Waals surface area contributed by atoms with Gasteiger partial charge in [-0.2, -0.15) is 0 Å². The summed E-state index contributed by atoms with van der Waals surface area (Å²) in [5.41, 5.74) is 2.96. The molecule has 0 saturated heterocycles. The van der Waals surface area contributed by atoms with Crippen molar-refractivity contribution >= 4 is 5.78 Å². The van der Waals surface area contributed by atoms with Crippen LogP contribution in [0.2, 0.25) is 0 Å². The molecule has 0 aromatic heterocycles. The molecule has 1 aliphatic rings. The Bertz CT molecular complexity index is 463. The van der Waals surface area contributed by atoms with Crippen LogP contribution in [0.15, 0.2) is 6.07 Å². The fraction of sp³-hybridized carbons (Fsp3) is 0.500. The van der Waals surface area contributed by atoms with Gasteiger partial charge >= 0.3 is 0 Å². The molecule has 92 valence electrons. The van der Waals surface area contributed by atoms with Gasteiger partial charge in [0.15, 0.2) is 17.3 Å². The fourth-order valence-corrected chi connectivity index (χ4v) is 2.67. The van der Waals surface area contributed by atoms with Crippen molar-refractivity contribution in [3.05, 3.63) is 22.8 Å². The van der Waals surface area contributed by atoms with Crippen molar-refractivity contribution in [1.29, 1.82) is 0 Å². The smallest absolute Gasteiger partial charge is 0.171 e. The molecule has 0 radical (unpaired) electrons. The molecule has 3 heteroatoms. The summed E-state index contributed by atoms with van der Waals surface area (Å²) in [6, 6.07) is 1.95. The summed E-state index contributed by atoms with van der Waals surface area (Å²) in [4.78, 5) is 12.1. The maximum absolute atomic E-state index is 12.1. The highest BCUT2D eigenvalue weighted by Gasteiger charge is 2.30. The van der Waals surface area contributed by atoms with E-state index < -0.39 is 0 Å². The molecular weight excluding hydrogens is 216 g/mol. The number of fused-ring (bicyclic) bond motifs is 1. The lowest BCUT2D eigenvalue weighted by molar-refractivity contribution is 0.0963. The summed E-state index contributed by atoms with van der Waals surface area (Å²) in [5.74, 6) is 1.80. The van der Waals surface area contributed by atoms with E-state index in [4.69, 9.17) is 9.47 Å². The largest absolute Gasteiger partial charge is 0.493 e. The van der Waals surface area contributed by atoms with E-state index in [1.165, 1.54) is 0 Å². The van der Waals surface area contributed by atoms with Crippen molar-refractivity contribution in [3.8, 4) is 11.5 Å². The number of ketones is 1. The van der Waals surface area contributed by atoms with Gasteiger partial charge in [-0.25, -0.2) is 0 Å². The minimum atomic E-state index is 0.164. The van der Waals surface area contributed by atoms with E-state index in [1.54, 1.807) is 14.2 Å². The Morgan fingerprint density at radius 2 is 2.00 bits per heavy atom. The van der Waals surface area contributed by atoms with Gasteiger partial charge in [0.1, 0.15) is 0 Å². The molecular formula is C14H18O3. The van der Waals surface area contributed by atoms with E-state index in [1.807, 2.05) is 13.0 Å². The number of hydrogen-bond acceptors (Lipinski definition) is 3. The molecule has 0 aliphatic heterocycles. The van der Waals surface area contributed by atoms with Crippen LogP contribution in [0.3, 0.4) is 0 Å². The van der Waals surface area contributed by atoms with Crippen molar-refractivity contribution in [2.75, 3.05) is 14.2 Å². The van der Waals surface area contributed by atoms with Crippen LogP contribution in [0.5, 0.6) is 11.5 Å². The van der Waals surface area contributed by atoms with Crippen LogP contribution in [0.25, 0.3) is 0 Å². The van der Waals surface area contributed by atoms with Gasteiger partial charge in [0, 0.05) is 6.42 Å². The number of rotatable bonds is 2. The summed E-state index contributed by atoms with van der Waals surface area (Å²) in [6.07, 6.45) is 1.51. The molecule has 1 aliphatic carbocycles. The van der Waals surface area contributed by atoms with E-state index in [0.717, 1.165) is 23.1 Å². The van der Waals surface area contributed by atoms with Crippen molar-refractivity contribution < 1.29 is 14.3 Å². The van der Waals surface area contributed by atoms with Gasteiger partial charge in [-0.3, -0.25) is 4.79 Å². The van der Waals surface area contributed by atoms with Gasteiger partial charge in [-0.05, 0) is 36.5 Å². The lowest BCUT2D eigenvalue weighted by atomic mass is 9.80. The zero-order chi connectivity index (χ0) is 12.6. The third-order valence-corrected chi connectivity index (χ3v) is 3.49. The van der Waals surface area contributed by atoms with Gasteiger partial charge in [-0.1, -0.05) is 6.92 Å². The Kier molecular flexibility index (Phi) is 3.09. The van der Waals surface area contributed by atoms with E-state index >= 15 is 0 Å². The molecule has 0 unspecified atom stereocenters. The van der Waals surface area contributed by atoms with Gasteiger partial charge in [0.05, 0.1) is 19.8 Å². The van der Waals surface area contributed by atoms with E-state index in [2.05, 4.69) is 6.92 Å². The van der Waals surface area contributed by atoms with Gasteiger partial charge in [0.2, 0.25) is 0 Å². The van der Waals surface area contributed by atoms with E-state index in [-0.39, 0.29) is 5.78 Å². The molecule has 0 bridgehead atoms. The highest BCUT2D eigenvalue weighted by Crippen LogP contribution is 2.43. The Balaban J connectivity index is 2.75. The third-order valence-electron chi connectivity index (χ3n) is 3.49. The average Bonchev–Trinajstić information content (AvgIpc) is 2.32. The molecule has 0 fully saturated rings. The lowest BCUT2D eigenvalue weighted by Gasteiger charge is -2.26. The Morgan fingerprint density at radius 3 is 2.59 bits per heavy atom. The van der Waals surface area contributed by atoms with Crippen molar-refractivity contribution in [1.82, 2.24) is 0 Å². The monoisotopic (exact) mass is 234 g/mol. The van der Waals surface area contributed by atoms with E-state index in [0.29, 0.717) is 23.8 Å². The number of methoxy groups -OCH3 is 2. The number of carbonyl (C=O) groups is 1. The highest BCUT2D eigenvalue weighted by molar-refractivity contribution is 6.02. The first-order valence-electron chi connectivity index (χ1n) is 5.88. The standard InChI is InChI=1S/C14H18O3/c1-8-5-6-10(15)13-12(8)9(2)7-11(16-3)14(13)17-4/h7-8H,5-6H2,1-4H3/t8-/m0/s1. The molecule has 0 N–H and O–H groups in total. The molecule has 0 heterocycles. The van der Waals surface area contributed by atoms with Crippen LogP contribution in [0.4, 0.5) is 0 Å². The Morgan fingerprint density at radius 1 is 1.29 bits per heavy atom. The molecule has 2 rings (SSSR count). The zero-order valence-corrected chi connectivity index (χ0v) is 10.8. The maximum atomic E-state index is 12.1. The van der Waals surface area contributed by atoms with Crippen molar-refractivity contribution in [2.24, 2.45) is 0 Å². The van der Waals surface area contributed by atoms with Gasteiger partial charge in [0.25, 0.3) is 0 Å². The number of hydrogen-bond donors (Lipinski definition) is 0. The van der Waals surface area contributed by atoms with Crippen molar-refractivity contribution in [2.45, 2.75) is 32.6 Å². The predicted molar refractivity (Wildman–Crippen MR) is 66.3 cm³/mol. The lowest BCUT2D eigenvalue weighted by Crippen LogP contribution is -2.17. The molecule has 1 aromatic rings. The normalized spacial score (nSPS) is 18.8. The average molecular weight is 234 g/mol. The fourth-order valence-electron chi connectivity index (χ4n) is 2.67. The molecule has 1 atom stereocenters. The minimum absolute atomic E-state index is 0.164. The summed E-state index contributed by atoms with van der Waals surface area (Å²) in [5, 5.41) is 0. The molecule has 1 aromatic carbocycles. The van der Waals surface area contributed by atoms with E-state index in [9.17, 15) is 4.79 Å². The first-order valence-corrected chi connectivity index (χ1v) is 5.88. The SMILES string of the molecule is COc1cc(C)c2c(c1OC)C(=O)CC[C@@H]2C. The third kappa shape index (κ3) is 1.79.